The fourth-order valence-electron chi connectivity index (χ4n) is 2.68. The van der Waals surface area contributed by atoms with E-state index in [-0.39, 0.29) is 30.2 Å². The molecule has 1 aliphatic rings. The maximum absolute atomic E-state index is 13.2. The number of alkyl halides is 2. The summed E-state index contributed by atoms with van der Waals surface area (Å²) in [6.45, 7) is 0. The van der Waals surface area contributed by atoms with Crippen LogP contribution in [0.2, 0.25) is 10.0 Å². The Bertz CT molecular complexity index is 520. The summed E-state index contributed by atoms with van der Waals surface area (Å²) in [4.78, 5) is 11.4. The van der Waals surface area contributed by atoms with Crippen molar-refractivity contribution >= 4 is 29.2 Å². The number of aliphatic carboxylic acids is 1. The Balaban J connectivity index is 2.15. The van der Waals surface area contributed by atoms with Gasteiger partial charge in [0.25, 0.3) is 0 Å². The van der Waals surface area contributed by atoms with Gasteiger partial charge in [-0.3, -0.25) is 4.79 Å². The SMILES string of the molecule is O=C(O)C(CC1CCC(F)(F)C1)c1ccc(Cl)c(Cl)c1. The average Bonchev–Trinajstić information content (AvgIpc) is 2.69. The number of hydrogen-bond donors (Lipinski definition) is 1. The summed E-state index contributed by atoms with van der Waals surface area (Å²) in [6, 6.07) is 4.61. The van der Waals surface area contributed by atoms with Gasteiger partial charge in [0, 0.05) is 12.8 Å². The number of benzene rings is 1. The van der Waals surface area contributed by atoms with Crippen molar-refractivity contribution in [3.05, 3.63) is 33.8 Å². The number of carbonyl (C=O) groups is 1. The summed E-state index contributed by atoms with van der Waals surface area (Å²) in [7, 11) is 0. The van der Waals surface area contributed by atoms with E-state index in [2.05, 4.69) is 0 Å². The molecule has 2 nitrogen and oxygen atoms in total. The Morgan fingerprint density at radius 1 is 1.40 bits per heavy atom. The third-order valence-electron chi connectivity index (χ3n) is 3.72. The lowest BCUT2D eigenvalue weighted by Crippen LogP contribution is -2.16. The third kappa shape index (κ3) is 3.61. The van der Waals surface area contributed by atoms with Crippen molar-refractivity contribution in [2.24, 2.45) is 5.92 Å². The first-order chi connectivity index (χ1) is 9.28. The van der Waals surface area contributed by atoms with Crippen molar-refractivity contribution in [2.45, 2.75) is 37.5 Å². The number of hydrogen-bond acceptors (Lipinski definition) is 1. The van der Waals surface area contributed by atoms with E-state index in [0.717, 1.165) is 0 Å². The van der Waals surface area contributed by atoms with Crippen molar-refractivity contribution < 1.29 is 18.7 Å². The van der Waals surface area contributed by atoms with Gasteiger partial charge in [-0.05, 0) is 36.5 Å². The van der Waals surface area contributed by atoms with Gasteiger partial charge in [-0.2, -0.15) is 0 Å². The predicted octanol–water partition coefficient (Wildman–Crippen LogP) is 4.99. The highest BCUT2D eigenvalue weighted by Gasteiger charge is 2.41. The van der Waals surface area contributed by atoms with Crippen LogP contribution in [-0.2, 0) is 4.79 Å². The van der Waals surface area contributed by atoms with Crippen molar-refractivity contribution in [3.8, 4) is 0 Å². The van der Waals surface area contributed by atoms with Gasteiger partial charge < -0.3 is 5.11 Å². The van der Waals surface area contributed by atoms with Crippen molar-refractivity contribution in [1.29, 1.82) is 0 Å². The Morgan fingerprint density at radius 2 is 2.10 bits per heavy atom. The highest BCUT2D eigenvalue weighted by molar-refractivity contribution is 6.42. The molecule has 1 saturated carbocycles. The van der Waals surface area contributed by atoms with E-state index < -0.39 is 17.8 Å². The molecule has 0 bridgehead atoms. The van der Waals surface area contributed by atoms with Crippen LogP contribution in [0.1, 0.15) is 37.2 Å². The molecule has 1 N–H and O–H groups in total. The predicted molar refractivity (Wildman–Crippen MR) is 73.7 cm³/mol. The number of rotatable bonds is 4. The zero-order valence-corrected chi connectivity index (χ0v) is 12.1. The van der Waals surface area contributed by atoms with E-state index in [4.69, 9.17) is 23.2 Å². The summed E-state index contributed by atoms with van der Waals surface area (Å²) >= 11 is 11.7. The summed E-state index contributed by atoms with van der Waals surface area (Å²) in [5.74, 6) is -4.80. The zero-order valence-electron chi connectivity index (χ0n) is 10.6. The van der Waals surface area contributed by atoms with E-state index in [1.807, 2.05) is 0 Å². The molecule has 0 aromatic heterocycles. The number of carboxylic acid groups (broad SMARTS) is 1. The molecule has 2 atom stereocenters. The quantitative estimate of drug-likeness (QED) is 0.848. The fourth-order valence-corrected chi connectivity index (χ4v) is 2.99. The van der Waals surface area contributed by atoms with Crippen LogP contribution in [0.3, 0.4) is 0 Å². The molecule has 6 heteroatoms. The van der Waals surface area contributed by atoms with Crippen molar-refractivity contribution in [3.63, 3.8) is 0 Å². The second-order valence-corrected chi connectivity index (χ2v) is 6.08. The molecule has 1 fully saturated rings. The molecule has 2 rings (SSSR count). The highest BCUT2D eigenvalue weighted by atomic mass is 35.5. The normalized spacial score (nSPS) is 22.7. The van der Waals surface area contributed by atoms with Gasteiger partial charge in [0.2, 0.25) is 5.92 Å². The molecule has 110 valence electrons. The van der Waals surface area contributed by atoms with E-state index in [1.165, 1.54) is 12.1 Å². The van der Waals surface area contributed by atoms with Gasteiger partial charge in [0.05, 0.1) is 16.0 Å². The molecule has 20 heavy (non-hydrogen) atoms. The molecule has 1 aromatic carbocycles. The van der Waals surface area contributed by atoms with E-state index >= 15 is 0 Å². The van der Waals surface area contributed by atoms with Gasteiger partial charge in [-0.25, -0.2) is 8.78 Å². The summed E-state index contributed by atoms with van der Waals surface area (Å²) in [6.07, 6.45) is 0.157. The maximum Gasteiger partial charge on any atom is 0.310 e. The molecular formula is C14H14Cl2F2O2. The Hall–Kier alpha value is -0.870. The topological polar surface area (TPSA) is 37.3 Å². The lowest BCUT2D eigenvalue weighted by Gasteiger charge is -2.18. The van der Waals surface area contributed by atoms with Crippen LogP contribution in [0.4, 0.5) is 8.78 Å². The first-order valence-corrected chi connectivity index (χ1v) is 7.10. The first-order valence-electron chi connectivity index (χ1n) is 6.34. The van der Waals surface area contributed by atoms with Gasteiger partial charge in [0.1, 0.15) is 0 Å². The van der Waals surface area contributed by atoms with Crippen LogP contribution in [0.25, 0.3) is 0 Å². The minimum atomic E-state index is -2.66. The van der Waals surface area contributed by atoms with E-state index in [9.17, 15) is 18.7 Å². The summed E-state index contributed by atoms with van der Waals surface area (Å²) in [5, 5.41) is 9.92. The van der Waals surface area contributed by atoms with Crippen LogP contribution in [-0.4, -0.2) is 17.0 Å². The molecule has 0 spiro atoms. The Morgan fingerprint density at radius 3 is 2.60 bits per heavy atom. The van der Waals surface area contributed by atoms with E-state index in [0.29, 0.717) is 17.0 Å². The van der Waals surface area contributed by atoms with Crippen LogP contribution < -0.4 is 0 Å². The molecule has 0 radical (unpaired) electrons. The third-order valence-corrected chi connectivity index (χ3v) is 4.46. The van der Waals surface area contributed by atoms with Crippen LogP contribution in [0, 0.1) is 5.92 Å². The molecule has 0 heterocycles. The van der Waals surface area contributed by atoms with Gasteiger partial charge >= 0.3 is 5.97 Å². The minimum Gasteiger partial charge on any atom is -0.481 e. The van der Waals surface area contributed by atoms with Gasteiger partial charge in [-0.1, -0.05) is 29.3 Å². The smallest absolute Gasteiger partial charge is 0.310 e. The Labute approximate surface area is 125 Å². The monoisotopic (exact) mass is 322 g/mol. The molecule has 0 amide bonds. The maximum atomic E-state index is 13.2. The molecule has 0 saturated heterocycles. The van der Waals surface area contributed by atoms with Gasteiger partial charge in [-0.15, -0.1) is 0 Å². The number of halogens is 4. The summed E-state index contributed by atoms with van der Waals surface area (Å²) < 4.78 is 26.4. The highest BCUT2D eigenvalue weighted by Crippen LogP contribution is 2.43. The standard InChI is InChI=1S/C14H14Cl2F2O2/c15-11-2-1-9(6-12(11)16)10(13(19)20)5-8-3-4-14(17,18)7-8/h1-2,6,8,10H,3-5,7H2,(H,19,20). The zero-order chi connectivity index (χ0) is 14.9. The van der Waals surface area contributed by atoms with Crippen LogP contribution in [0.5, 0.6) is 0 Å². The Kier molecular flexibility index (Phi) is 4.55. The molecule has 2 unspecified atom stereocenters. The van der Waals surface area contributed by atoms with Crippen LogP contribution >= 0.6 is 23.2 Å². The van der Waals surface area contributed by atoms with Crippen LogP contribution in [0.15, 0.2) is 18.2 Å². The fraction of sp³-hybridized carbons (Fsp3) is 0.500. The second kappa shape index (κ2) is 5.86. The molecular weight excluding hydrogens is 309 g/mol. The average molecular weight is 323 g/mol. The molecule has 0 aliphatic heterocycles. The van der Waals surface area contributed by atoms with E-state index in [1.54, 1.807) is 6.07 Å². The minimum absolute atomic E-state index is 0.161. The first kappa shape index (κ1) is 15.5. The lowest BCUT2D eigenvalue weighted by atomic mass is 9.88. The molecule has 1 aromatic rings. The van der Waals surface area contributed by atoms with Crippen molar-refractivity contribution in [1.82, 2.24) is 0 Å². The lowest BCUT2D eigenvalue weighted by molar-refractivity contribution is -0.139. The van der Waals surface area contributed by atoms with Crippen molar-refractivity contribution in [2.75, 3.05) is 0 Å². The number of carboxylic acids is 1. The van der Waals surface area contributed by atoms with Gasteiger partial charge in [0.15, 0.2) is 0 Å². The largest absolute Gasteiger partial charge is 0.481 e. The molecule has 1 aliphatic carbocycles. The summed E-state index contributed by atoms with van der Waals surface area (Å²) in [5.41, 5.74) is 0.502. The second-order valence-electron chi connectivity index (χ2n) is 5.26.